The molecule has 0 bridgehead atoms. The normalized spacial score (nSPS) is 13.9. The van der Waals surface area contributed by atoms with Crippen LogP contribution in [-0.4, -0.2) is 73.7 Å². The summed E-state index contributed by atoms with van der Waals surface area (Å²) >= 11 is 0. The largest absolute Gasteiger partial charge is 0.480 e. The smallest absolute Gasteiger partial charge is 0.335 e. The molecule has 4 aromatic heterocycles. The number of aromatic nitrogens is 6. The van der Waals surface area contributed by atoms with Gasteiger partial charge in [-0.1, -0.05) is 12.1 Å². The zero-order valence-corrected chi connectivity index (χ0v) is 30.7. The van der Waals surface area contributed by atoms with Gasteiger partial charge in [0.2, 0.25) is 0 Å². The van der Waals surface area contributed by atoms with Crippen LogP contribution in [0, 0.1) is 11.6 Å². The van der Waals surface area contributed by atoms with Gasteiger partial charge >= 0.3 is 11.7 Å². The van der Waals surface area contributed by atoms with E-state index >= 15 is 8.78 Å². The number of aliphatic carboxylic acids is 1. The highest BCUT2D eigenvalue weighted by molar-refractivity contribution is 7.92. The number of aryl methyl sites for hydroxylation is 1. The van der Waals surface area contributed by atoms with Crippen molar-refractivity contribution >= 4 is 38.5 Å². The predicted octanol–water partition coefficient (Wildman–Crippen LogP) is 3.34. The fraction of sp³-hybridized carbons (Fsp3) is 0.211. The van der Waals surface area contributed by atoms with E-state index in [1.165, 1.54) is 72.7 Å². The fourth-order valence-corrected chi connectivity index (χ4v) is 7.38. The number of rotatable bonds is 11. The van der Waals surface area contributed by atoms with Gasteiger partial charge in [-0.3, -0.25) is 28.8 Å². The number of amides is 1. The summed E-state index contributed by atoms with van der Waals surface area (Å²) < 4.78 is 66.2. The number of benzene rings is 2. The lowest BCUT2D eigenvalue weighted by Crippen LogP contribution is -2.42. The molecule has 0 radical (unpaired) electrons. The summed E-state index contributed by atoms with van der Waals surface area (Å²) in [4.78, 5) is 67.9. The lowest BCUT2D eigenvalue weighted by molar-refractivity contribution is -0.139. The molecule has 3 N–H and O–H groups in total. The lowest BCUT2D eigenvalue weighted by atomic mass is 9.99. The molecule has 0 saturated carbocycles. The Morgan fingerprint density at radius 1 is 0.930 bits per heavy atom. The monoisotopic (exact) mass is 798 g/mol. The van der Waals surface area contributed by atoms with Crippen LogP contribution < -0.4 is 21.3 Å². The summed E-state index contributed by atoms with van der Waals surface area (Å²) in [6, 6.07) is 8.98. The zero-order valence-electron chi connectivity index (χ0n) is 29.9. The number of ether oxygens (including phenoxy) is 1. The number of hydrogen-bond donors (Lipinski definition) is 3. The number of carbonyl (C=O) groups excluding carboxylic acids is 1. The van der Waals surface area contributed by atoms with Gasteiger partial charge < -0.3 is 15.2 Å². The topological polar surface area (TPSA) is 217 Å². The number of nitrogens with one attached hydrogen (secondary N) is 2. The molecule has 19 heteroatoms. The molecule has 6 aromatic rings. The number of hydrogen-bond acceptors (Lipinski definition) is 11. The average molecular weight is 799 g/mol. The maximum Gasteiger partial charge on any atom is 0.335 e. The number of carboxylic acid groups (broad SMARTS) is 1. The molecule has 1 atom stereocenters. The van der Waals surface area contributed by atoms with Gasteiger partial charge in [-0.2, -0.15) is 0 Å². The minimum Gasteiger partial charge on any atom is -0.480 e. The highest BCUT2D eigenvalue weighted by Gasteiger charge is 2.26. The standard InChI is InChI=1S/C38H32F2N8O8S/c1-47-33-20-41-11-8-27(33)36(50)48(38(47)53)25-5-4-24(42-19-25)14-32(37(51)52)45-35(49)28-15-30(40)31(16-29(28)39)46-57(54,55)26-6-2-21(3-7-26)23-17-43-34(44-18-23)22-9-12-56-13-10-22/h2-8,11,15-20,22,32,46H,9-10,12-14H2,1H3,(H,45,49)(H,51,52)/t32-/m0/s1. The van der Waals surface area contributed by atoms with Gasteiger partial charge in [0.25, 0.3) is 21.5 Å². The summed E-state index contributed by atoms with van der Waals surface area (Å²) in [5.74, 6) is -4.57. The van der Waals surface area contributed by atoms with Crippen LogP contribution in [0.5, 0.6) is 0 Å². The molecule has 292 valence electrons. The van der Waals surface area contributed by atoms with Crippen LogP contribution in [0.1, 0.15) is 40.6 Å². The Labute approximate surface area is 321 Å². The molecule has 16 nitrogen and oxygen atoms in total. The van der Waals surface area contributed by atoms with E-state index in [-0.39, 0.29) is 27.6 Å². The second-order valence-electron chi connectivity index (χ2n) is 13.1. The molecule has 0 aliphatic carbocycles. The third-order valence-corrected chi connectivity index (χ3v) is 10.8. The molecular formula is C38H32F2N8O8S. The Morgan fingerprint density at radius 2 is 1.65 bits per heavy atom. The molecule has 7 rings (SSSR count). The number of fused-ring (bicyclic) bond motifs is 1. The minimum absolute atomic E-state index is 0.0891. The van der Waals surface area contributed by atoms with E-state index in [0.717, 1.165) is 17.4 Å². The second-order valence-corrected chi connectivity index (χ2v) is 14.8. The van der Waals surface area contributed by atoms with E-state index in [0.29, 0.717) is 47.8 Å². The van der Waals surface area contributed by atoms with Crippen LogP contribution in [0.15, 0.2) is 100 Å². The summed E-state index contributed by atoms with van der Waals surface area (Å²) in [6.45, 7) is 1.29. The first-order chi connectivity index (χ1) is 27.3. The Balaban J connectivity index is 1.02. The lowest BCUT2D eigenvalue weighted by Gasteiger charge is -2.20. The van der Waals surface area contributed by atoms with Crippen molar-refractivity contribution < 1.29 is 36.6 Å². The highest BCUT2D eigenvalue weighted by atomic mass is 32.2. The van der Waals surface area contributed by atoms with E-state index in [1.54, 1.807) is 12.4 Å². The van der Waals surface area contributed by atoms with Crippen molar-refractivity contribution in [1.29, 1.82) is 0 Å². The number of anilines is 1. The average Bonchev–Trinajstić information content (AvgIpc) is 3.22. The van der Waals surface area contributed by atoms with E-state index in [2.05, 4.69) is 25.3 Å². The van der Waals surface area contributed by atoms with Crippen LogP contribution >= 0.6 is 0 Å². The molecule has 2 aromatic carbocycles. The Morgan fingerprint density at radius 3 is 2.32 bits per heavy atom. The Bertz CT molecular complexity index is 2740. The zero-order chi connectivity index (χ0) is 40.4. The molecule has 1 aliphatic heterocycles. The van der Waals surface area contributed by atoms with E-state index in [9.17, 15) is 32.7 Å². The maximum absolute atomic E-state index is 15.2. The number of carboxylic acids is 1. The van der Waals surface area contributed by atoms with Gasteiger partial charge in [-0.25, -0.2) is 41.3 Å². The molecule has 1 aliphatic rings. The van der Waals surface area contributed by atoms with Gasteiger partial charge in [0.15, 0.2) is 0 Å². The molecular weight excluding hydrogens is 767 g/mol. The van der Waals surface area contributed by atoms with Crippen LogP contribution in [0.25, 0.3) is 27.7 Å². The molecule has 1 amide bonds. The number of pyridine rings is 2. The maximum atomic E-state index is 15.2. The first-order valence-electron chi connectivity index (χ1n) is 17.4. The third kappa shape index (κ3) is 8.01. The van der Waals surface area contributed by atoms with Crippen molar-refractivity contribution in [2.24, 2.45) is 7.05 Å². The summed E-state index contributed by atoms with van der Waals surface area (Å²) in [6.07, 6.45) is 8.47. The fourth-order valence-electron chi connectivity index (χ4n) is 6.32. The first kappa shape index (κ1) is 38.5. The van der Waals surface area contributed by atoms with Crippen molar-refractivity contribution in [3.63, 3.8) is 0 Å². The Hall–Kier alpha value is -6.73. The van der Waals surface area contributed by atoms with Gasteiger partial charge in [-0.05, 0) is 54.8 Å². The quantitative estimate of drug-likeness (QED) is 0.172. The van der Waals surface area contributed by atoms with Crippen molar-refractivity contribution in [3.05, 3.63) is 135 Å². The molecule has 0 spiro atoms. The molecule has 0 unspecified atom stereocenters. The Kier molecular flexibility index (Phi) is 10.7. The van der Waals surface area contributed by atoms with Crippen molar-refractivity contribution in [3.8, 4) is 16.8 Å². The van der Waals surface area contributed by atoms with E-state index in [4.69, 9.17) is 4.74 Å². The van der Waals surface area contributed by atoms with Crippen molar-refractivity contribution in [2.45, 2.75) is 36.1 Å². The van der Waals surface area contributed by atoms with Gasteiger partial charge in [0, 0.05) is 68.5 Å². The van der Waals surface area contributed by atoms with Crippen LogP contribution in [0.2, 0.25) is 0 Å². The summed E-state index contributed by atoms with van der Waals surface area (Å²) in [7, 11) is -2.97. The van der Waals surface area contributed by atoms with Crippen molar-refractivity contribution in [1.82, 2.24) is 34.4 Å². The van der Waals surface area contributed by atoms with Crippen molar-refractivity contribution in [2.75, 3.05) is 17.9 Å². The van der Waals surface area contributed by atoms with Crippen LogP contribution in [-0.2, 0) is 33.0 Å². The van der Waals surface area contributed by atoms with E-state index < -0.39 is 68.5 Å². The van der Waals surface area contributed by atoms with Gasteiger partial charge in [0.05, 0.1) is 45.1 Å². The number of sulfonamides is 1. The molecule has 1 saturated heterocycles. The van der Waals surface area contributed by atoms with Gasteiger partial charge in [0.1, 0.15) is 23.5 Å². The summed E-state index contributed by atoms with van der Waals surface area (Å²) in [5.41, 5.74) is -1.19. The number of carbonyl (C=O) groups is 2. The summed E-state index contributed by atoms with van der Waals surface area (Å²) in [5, 5.41) is 12.2. The van der Waals surface area contributed by atoms with Crippen LogP contribution in [0.4, 0.5) is 14.5 Å². The predicted molar refractivity (Wildman–Crippen MR) is 200 cm³/mol. The first-order valence-corrected chi connectivity index (χ1v) is 18.9. The molecule has 57 heavy (non-hydrogen) atoms. The molecule has 1 fully saturated rings. The SMILES string of the molecule is Cn1c(=O)n(-c2ccc(C[C@H](NC(=O)c3cc(F)c(NS(=O)(=O)c4ccc(-c5cnc(C6CCOCC6)nc5)cc4)cc3F)C(=O)O)nc2)c(=O)c2ccncc21. The van der Waals surface area contributed by atoms with Gasteiger partial charge in [-0.15, -0.1) is 0 Å². The third-order valence-electron chi connectivity index (χ3n) is 9.46. The number of nitrogens with zero attached hydrogens (tertiary/aromatic N) is 6. The number of halogens is 2. The highest BCUT2D eigenvalue weighted by Crippen LogP contribution is 2.27. The molecule has 5 heterocycles. The second kappa shape index (κ2) is 15.8. The minimum atomic E-state index is -4.43. The van der Waals surface area contributed by atoms with Crippen LogP contribution in [0.3, 0.4) is 0 Å². The van der Waals surface area contributed by atoms with E-state index in [1.807, 2.05) is 4.72 Å².